The Balaban J connectivity index is 2.07. The molecule has 3 heteroatoms. The zero-order valence-corrected chi connectivity index (χ0v) is 13.0. The van der Waals surface area contributed by atoms with Gasteiger partial charge in [-0.05, 0) is 19.0 Å². The van der Waals surface area contributed by atoms with Crippen LogP contribution in [-0.2, 0) is 5.54 Å². The average molecular weight is 275 g/mol. The van der Waals surface area contributed by atoms with Gasteiger partial charge in [-0.2, -0.15) is 0 Å². The maximum absolute atomic E-state index is 6.82. The molecule has 20 heavy (non-hydrogen) atoms. The molecule has 1 aromatic rings. The molecule has 1 atom stereocenters. The topological polar surface area (TPSA) is 32.5 Å². The number of hydrogen-bond acceptors (Lipinski definition) is 3. The SMILES string of the molecule is CCCCC(N)(CN1CCN(C)CC1)c1ccccc1. The smallest absolute Gasteiger partial charge is 0.0538 e. The maximum Gasteiger partial charge on any atom is 0.0538 e. The predicted octanol–water partition coefficient (Wildman–Crippen LogP) is 2.28. The number of benzene rings is 1. The van der Waals surface area contributed by atoms with Crippen molar-refractivity contribution in [1.29, 1.82) is 0 Å². The number of unbranched alkanes of at least 4 members (excludes halogenated alkanes) is 1. The van der Waals surface area contributed by atoms with Crippen molar-refractivity contribution in [1.82, 2.24) is 9.80 Å². The first-order valence-corrected chi connectivity index (χ1v) is 7.89. The molecule has 0 aromatic heterocycles. The summed E-state index contributed by atoms with van der Waals surface area (Å²) in [5, 5.41) is 0. The third-order valence-corrected chi connectivity index (χ3v) is 4.43. The van der Waals surface area contributed by atoms with E-state index in [1.807, 2.05) is 0 Å². The molecule has 2 N–H and O–H groups in total. The molecule has 0 bridgehead atoms. The molecule has 1 aliphatic heterocycles. The van der Waals surface area contributed by atoms with Crippen LogP contribution >= 0.6 is 0 Å². The van der Waals surface area contributed by atoms with Gasteiger partial charge in [-0.25, -0.2) is 0 Å². The number of rotatable bonds is 6. The lowest BCUT2D eigenvalue weighted by atomic mass is 9.85. The van der Waals surface area contributed by atoms with Gasteiger partial charge in [-0.15, -0.1) is 0 Å². The highest BCUT2D eigenvalue weighted by molar-refractivity contribution is 5.24. The summed E-state index contributed by atoms with van der Waals surface area (Å²) in [4.78, 5) is 4.92. The van der Waals surface area contributed by atoms with Gasteiger partial charge in [0.25, 0.3) is 0 Å². The summed E-state index contributed by atoms with van der Waals surface area (Å²) in [6.07, 6.45) is 3.47. The van der Waals surface area contributed by atoms with Crippen LogP contribution in [0.2, 0.25) is 0 Å². The lowest BCUT2D eigenvalue weighted by molar-refractivity contribution is 0.122. The maximum atomic E-state index is 6.82. The quantitative estimate of drug-likeness (QED) is 0.864. The largest absolute Gasteiger partial charge is 0.320 e. The fourth-order valence-corrected chi connectivity index (χ4v) is 2.98. The monoisotopic (exact) mass is 275 g/mol. The van der Waals surface area contributed by atoms with Crippen LogP contribution in [0.4, 0.5) is 0 Å². The summed E-state index contributed by atoms with van der Waals surface area (Å²) in [6, 6.07) is 10.6. The van der Waals surface area contributed by atoms with Crippen LogP contribution in [0.25, 0.3) is 0 Å². The van der Waals surface area contributed by atoms with Gasteiger partial charge >= 0.3 is 0 Å². The molecule has 0 aliphatic carbocycles. The fraction of sp³-hybridized carbons (Fsp3) is 0.647. The lowest BCUT2D eigenvalue weighted by Crippen LogP contribution is -2.53. The minimum atomic E-state index is -0.201. The summed E-state index contributed by atoms with van der Waals surface area (Å²) >= 11 is 0. The van der Waals surface area contributed by atoms with Gasteiger partial charge in [-0.3, -0.25) is 4.90 Å². The zero-order valence-electron chi connectivity index (χ0n) is 13.0. The van der Waals surface area contributed by atoms with E-state index in [0.29, 0.717) is 0 Å². The van der Waals surface area contributed by atoms with Crippen LogP contribution in [0.15, 0.2) is 30.3 Å². The van der Waals surface area contributed by atoms with Gasteiger partial charge in [0.2, 0.25) is 0 Å². The Kier molecular flexibility index (Phi) is 5.58. The first kappa shape index (κ1) is 15.5. The molecule has 2 rings (SSSR count). The van der Waals surface area contributed by atoms with Crippen molar-refractivity contribution >= 4 is 0 Å². The van der Waals surface area contributed by atoms with E-state index < -0.39 is 0 Å². The van der Waals surface area contributed by atoms with Crippen molar-refractivity contribution in [3.05, 3.63) is 35.9 Å². The van der Waals surface area contributed by atoms with E-state index in [1.54, 1.807) is 0 Å². The Morgan fingerprint density at radius 3 is 2.35 bits per heavy atom. The van der Waals surface area contributed by atoms with Crippen LogP contribution in [0, 0.1) is 0 Å². The van der Waals surface area contributed by atoms with Gasteiger partial charge in [0.1, 0.15) is 0 Å². The predicted molar refractivity (Wildman–Crippen MR) is 85.8 cm³/mol. The van der Waals surface area contributed by atoms with Crippen molar-refractivity contribution in [2.45, 2.75) is 31.7 Å². The third kappa shape index (κ3) is 4.05. The van der Waals surface area contributed by atoms with Gasteiger partial charge < -0.3 is 10.6 Å². The second-order valence-corrected chi connectivity index (χ2v) is 6.21. The Morgan fingerprint density at radius 1 is 1.10 bits per heavy atom. The average Bonchev–Trinajstić information content (AvgIpc) is 2.48. The standard InChI is InChI=1S/C17H29N3/c1-3-4-10-17(18,16-8-6-5-7-9-16)15-20-13-11-19(2)12-14-20/h5-9H,3-4,10-15,18H2,1-2H3. The summed E-state index contributed by atoms with van der Waals surface area (Å²) in [6.45, 7) is 7.78. The Morgan fingerprint density at radius 2 is 1.75 bits per heavy atom. The minimum Gasteiger partial charge on any atom is -0.320 e. The molecule has 112 valence electrons. The fourth-order valence-electron chi connectivity index (χ4n) is 2.98. The van der Waals surface area contributed by atoms with E-state index in [-0.39, 0.29) is 5.54 Å². The zero-order chi connectivity index (χ0) is 14.4. The molecule has 1 saturated heterocycles. The molecule has 0 amide bonds. The molecule has 0 spiro atoms. The molecular weight excluding hydrogens is 246 g/mol. The molecule has 1 unspecified atom stereocenters. The van der Waals surface area contributed by atoms with E-state index in [9.17, 15) is 0 Å². The highest BCUT2D eigenvalue weighted by atomic mass is 15.3. The van der Waals surface area contributed by atoms with Crippen LogP contribution in [0.1, 0.15) is 31.7 Å². The normalized spacial score (nSPS) is 20.8. The number of nitrogens with two attached hydrogens (primary N) is 1. The summed E-state index contributed by atoms with van der Waals surface area (Å²) in [7, 11) is 2.20. The van der Waals surface area contributed by atoms with Crippen LogP contribution in [-0.4, -0.2) is 49.6 Å². The van der Waals surface area contributed by atoms with E-state index in [0.717, 1.165) is 39.1 Å². The second kappa shape index (κ2) is 7.21. The van der Waals surface area contributed by atoms with Gasteiger partial charge in [0, 0.05) is 32.7 Å². The lowest BCUT2D eigenvalue weighted by Gasteiger charge is -2.39. The number of hydrogen-bond donors (Lipinski definition) is 1. The molecule has 0 saturated carbocycles. The molecular formula is C17H29N3. The summed E-state index contributed by atoms with van der Waals surface area (Å²) in [5.74, 6) is 0. The van der Waals surface area contributed by atoms with E-state index >= 15 is 0 Å². The number of nitrogens with zero attached hydrogens (tertiary/aromatic N) is 2. The van der Waals surface area contributed by atoms with Crippen molar-refractivity contribution in [3.8, 4) is 0 Å². The molecule has 0 radical (unpaired) electrons. The Bertz CT molecular complexity index is 384. The second-order valence-electron chi connectivity index (χ2n) is 6.21. The van der Waals surface area contributed by atoms with Crippen molar-refractivity contribution in [3.63, 3.8) is 0 Å². The van der Waals surface area contributed by atoms with E-state index in [4.69, 9.17) is 5.73 Å². The van der Waals surface area contributed by atoms with E-state index in [1.165, 1.54) is 18.4 Å². The first-order valence-electron chi connectivity index (χ1n) is 7.89. The molecule has 1 aliphatic rings. The third-order valence-electron chi connectivity index (χ3n) is 4.43. The van der Waals surface area contributed by atoms with Crippen molar-refractivity contribution < 1.29 is 0 Å². The van der Waals surface area contributed by atoms with E-state index in [2.05, 4.69) is 54.1 Å². The molecule has 1 fully saturated rings. The summed E-state index contributed by atoms with van der Waals surface area (Å²) < 4.78 is 0. The Labute approximate surface area is 123 Å². The van der Waals surface area contributed by atoms with Crippen LogP contribution in [0.5, 0.6) is 0 Å². The highest BCUT2D eigenvalue weighted by Crippen LogP contribution is 2.26. The van der Waals surface area contributed by atoms with Gasteiger partial charge in [-0.1, -0.05) is 50.1 Å². The molecule has 1 heterocycles. The first-order chi connectivity index (χ1) is 9.64. The minimum absolute atomic E-state index is 0.201. The van der Waals surface area contributed by atoms with Crippen molar-refractivity contribution in [2.75, 3.05) is 39.8 Å². The Hall–Kier alpha value is -0.900. The number of likely N-dealkylation sites (N-methyl/N-ethyl adjacent to an activating group) is 1. The van der Waals surface area contributed by atoms with Gasteiger partial charge in [0.15, 0.2) is 0 Å². The highest BCUT2D eigenvalue weighted by Gasteiger charge is 2.30. The van der Waals surface area contributed by atoms with Crippen LogP contribution in [0.3, 0.4) is 0 Å². The van der Waals surface area contributed by atoms with Crippen LogP contribution < -0.4 is 5.73 Å². The van der Waals surface area contributed by atoms with Gasteiger partial charge in [0.05, 0.1) is 5.54 Å². The molecule has 3 nitrogen and oxygen atoms in total. The summed E-state index contributed by atoms with van der Waals surface area (Å²) in [5.41, 5.74) is 7.90. The molecule has 1 aromatic carbocycles. The number of piperazine rings is 1. The van der Waals surface area contributed by atoms with Crippen molar-refractivity contribution in [2.24, 2.45) is 5.73 Å².